The highest BCUT2D eigenvalue weighted by atomic mass is 16.5. The topological polar surface area (TPSA) is 79.7 Å². The summed E-state index contributed by atoms with van der Waals surface area (Å²) in [7, 11) is 8.63. The fraction of sp³-hybridized carbons (Fsp3) is 0.286. The Labute approximate surface area is 169 Å². The molecule has 3 rings (SSSR count). The van der Waals surface area contributed by atoms with Gasteiger partial charge in [-0.15, -0.1) is 0 Å². The van der Waals surface area contributed by atoms with Gasteiger partial charge in [0, 0.05) is 39.4 Å². The molecule has 0 aliphatic rings. The fourth-order valence-electron chi connectivity index (χ4n) is 2.96. The van der Waals surface area contributed by atoms with Gasteiger partial charge in [0.05, 0.1) is 24.7 Å². The number of fused-ring (bicyclic) bond motifs is 1. The number of amides is 3. The maximum absolute atomic E-state index is 12.5. The third-order valence-corrected chi connectivity index (χ3v) is 4.69. The second kappa shape index (κ2) is 8.22. The van der Waals surface area contributed by atoms with Crippen LogP contribution in [0, 0.1) is 0 Å². The molecule has 0 unspecified atom stereocenters. The standard InChI is InChI=1S/C21H25N5O3/c1-24(2)20(27)14-6-11-18-17(12-14)23-19(26(18)4)13-25(3)21(28)22-15-7-9-16(29-5)10-8-15/h6-12H,13H2,1-5H3,(H,22,28). The second-order valence-electron chi connectivity index (χ2n) is 7.00. The summed E-state index contributed by atoms with van der Waals surface area (Å²) >= 11 is 0. The lowest BCUT2D eigenvalue weighted by Crippen LogP contribution is -2.31. The number of anilines is 1. The SMILES string of the molecule is COc1ccc(NC(=O)N(C)Cc2nc3cc(C(=O)N(C)C)ccc3n2C)cc1. The van der Waals surface area contributed by atoms with E-state index in [1.807, 2.05) is 17.7 Å². The predicted molar refractivity (Wildman–Crippen MR) is 112 cm³/mol. The molecule has 29 heavy (non-hydrogen) atoms. The number of imidazole rings is 1. The highest BCUT2D eigenvalue weighted by Gasteiger charge is 2.16. The first kappa shape index (κ1) is 20.2. The van der Waals surface area contributed by atoms with Gasteiger partial charge in [-0.3, -0.25) is 4.79 Å². The molecular weight excluding hydrogens is 370 g/mol. The Morgan fingerprint density at radius 2 is 1.79 bits per heavy atom. The Kier molecular flexibility index (Phi) is 5.72. The zero-order valence-electron chi connectivity index (χ0n) is 17.3. The number of nitrogens with zero attached hydrogens (tertiary/aromatic N) is 4. The average molecular weight is 395 g/mol. The number of benzene rings is 2. The number of carbonyl (C=O) groups excluding carboxylic acids is 2. The van der Waals surface area contributed by atoms with Crippen molar-refractivity contribution in [2.24, 2.45) is 7.05 Å². The van der Waals surface area contributed by atoms with Gasteiger partial charge in [0.2, 0.25) is 0 Å². The Balaban J connectivity index is 1.74. The number of carbonyl (C=O) groups is 2. The van der Waals surface area contributed by atoms with Crippen LogP contribution in [0.25, 0.3) is 11.0 Å². The highest BCUT2D eigenvalue weighted by Crippen LogP contribution is 2.19. The number of hydrogen-bond acceptors (Lipinski definition) is 4. The molecular formula is C21H25N5O3. The van der Waals surface area contributed by atoms with Gasteiger partial charge < -0.3 is 24.4 Å². The number of methoxy groups -OCH3 is 1. The van der Waals surface area contributed by atoms with Crippen molar-refractivity contribution in [3.8, 4) is 5.75 Å². The minimum atomic E-state index is -0.245. The molecule has 152 valence electrons. The molecule has 0 aliphatic carbocycles. The van der Waals surface area contributed by atoms with Crippen molar-refractivity contribution in [3.05, 3.63) is 53.9 Å². The molecule has 0 spiro atoms. The monoisotopic (exact) mass is 395 g/mol. The molecule has 0 bridgehead atoms. The van der Waals surface area contributed by atoms with Crippen LogP contribution in [0.15, 0.2) is 42.5 Å². The number of aromatic nitrogens is 2. The lowest BCUT2D eigenvalue weighted by Gasteiger charge is -2.18. The number of nitrogens with one attached hydrogen (secondary N) is 1. The van der Waals surface area contributed by atoms with E-state index >= 15 is 0 Å². The van der Waals surface area contributed by atoms with E-state index in [1.165, 1.54) is 4.90 Å². The summed E-state index contributed by atoms with van der Waals surface area (Å²) in [6, 6.07) is 12.3. The van der Waals surface area contributed by atoms with E-state index in [4.69, 9.17) is 4.74 Å². The largest absolute Gasteiger partial charge is 0.497 e. The van der Waals surface area contributed by atoms with Gasteiger partial charge >= 0.3 is 6.03 Å². The third kappa shape index (κ3) is 4.31. The van der Waals surface area contributed by atoms with E-state index < -0.39 is 0 Å². The molecule has 0 fully saturated rings. The van der Waals surface area contributed by atoms with Crippen LogP contribution in [0.5, 0.6) is 5.75 Å². The van der Waals surface area contributed by atoms with Crippen molar-refractivity contribution in [2.45, 2.75) is 6.54 Å². The van der Waals surface area contributed by atoms with E-state index in [0.29, 0.717) is 17.8 Å². The quantitative estimate of drug-likeness (QED) is 0.720. The molecule has 0 atom stereocenters. The predicted octanol–water partition coefficient (Wildman–Crippen LogP) is 2.95. The van der Waals surface area contributed by atoms with Crippen LogP contribution < -0.4 is 10.1 Å². The molecule has 0 saturated heterocycles. The summed E-state index contributed by atoms with van der Waals surface area (Å²) in [5.41, 5.74) is 2.88. The average Bonchev–Trinajstić information content (AvgIpc) is 3.02. The van der Waals surface area contributed by atoms with E-state index in [9.17, 15) is 9.59 Å². The van der Waals surface area contributed by atoms with Crippen LogP contribution in [0.2, 0.25) is 0 Å². The minimum absolute atomic E-state index is 0.0740. The molecule has 3 amide bonds. The number of ether oxygens (including phenoxy) is 1. The number of hydrogen-bond donors (Lipinski definition) is 1. The summed E-state index contributed by atoms with van der Waals surface area (Å²) in [6.07, 6.45) is 0. The zero-order valence-corrected chi connectivity index (χ0v) is 17.3. The highest BCUT2D eigenvalue weighted by molar-refractivity contribution is 5.97. The van der Waals surface area contributed by atoms with Crippen LogP contribution >= 0.6 is 0 Å². The molecule has 3 aromatic rings. The van der Waals surface area contributed by atoms with E-state index in [0.717, 1.165) is 22.6 Å². The van der Waals surface area contributed by atoms with Crippen LogP contribution in [0.1, 0.15) is 16.2 Å². The Morgan fingerprint density at radius 3 is 2.41 bits per heavy atom. The lowest BCUT2D eigenvalue weighted by atomic mass is 10.2. The Bertz CT molecular complexity index is 1040. The maximum atomic E-state index is 12.5. The second-order valence-corrected chi connectivity index (χ2v) is 7.00. The lowest BCUT2D eigenvalue weighted by molar-refractivity contribution is 0.0827. The summed E-state index contributed by atoms with van der Waals surface area (Å²) in [5.74, 6) is 1.38. The Hall–Kier alpha value is -3.55. The van der Waals surface area contributed by atoms with Gasteiger partial charge in [-0.1, -0.05) is 0 Å². The summed E-state index contributed by atoms with van der Waals surface area (Å²) in [5, 5.41) is 2.85. The van der Waals surface area contributed by atoms with Crippen LogP contribution in [-0.2, 0) is 13.6 Å². The molecule has 0 saturated carbocycles. The summed E-state index contributed by atoms with van der Waals surface area (Å²) in [6.45, 7) is 0.324. The molecule has 8 nitrogen and oxygen atoms in total. The molecule has 2 aromatic carbocycles. The van der Waals surface area contributed by atoms with Crippen LogP contribution in [0.4, 0.5) is 10.5 Å². The van der Waals surface area contributed by atoms with Crippen molar-refractivity contribution in [1.29, 1.82) is 0 Å². The van der Waals surface area contributed by atoms with Crippen LogP contribution in [-0.4, -0.2) is 59.5 Å². The smallest absolute Gasteiger partial charge is 0.321 e. The molecule has 8 heteroatoms. The molecule has 0 aliphatic heterocycles. The molecule has 1 heterocycles. The van der Waals surface area contributed by atoms with Gasteiger partial charge in [-0.2, -0.15) is 0 Å². The van der Waals surface area contributed by atoms with E-state index in [1.54, 1.807) is 69.6 Å². The van der Waals surface area contributed by atoms with Crippen molar-refractivity contribution < 1.29 is 14.3 Å². The van der Waals surface area contributed by atoms with E-state index in [2.05, 4.69) is 10.3 Å². The van der Waals surface area contributed by atoms with Crippen molar-refractivity contribution in [1.82, 2.24) is 19.4 Å². The maximum Gasteiger partial charge on any atom is 0.321 e. The van der Waals surface area contributed by atoms with Gasteiger partial charge in [-0.05, 0) is 42.5 Å². The normalized spacial score (nSPS) is 10.7. The van der Waals surface area contributed by atoms with Gasteiger partial charge in [-0.25, -0.2) is 9.78 Å². The van der Waals surface area contributed by atoms with E-state index in [-0.39, 0.29) is 11.9 Å². The molecule has 1 N–H and O–H groups in total. The van der Waals surface area contributed by atoms with Gasteiger partial charge in [0.25, 0.3) is 5.91 Å². The fourth-order valence-corrected chi connectivity index (χ4v) is 2.96. The molecule has 1 aromatic heterocycles. The first-order valence-corrected chi connectivity index (χ1v) is 9.13. The van der Waals surface area contributed by atoms with Crippen molar-refractivity contribution >= 4 is 28.7 Å². The zero-order chi connectivity index (χ0) is 21.1. The first-order chi connectivity index (χ1) is 13.8. The van der Waals surface area contributed by atoms with Crippen molar-refractivity contribution in [2.75, 3.05) is 33.6 Å². The first-order valence-electron chi connectivity index (χ1n) is 9.13. The summed E-state index contributed by atoms with van der Waals surface area (Å²) in [4.78, 5) is 32.4. The summed E-state index contributed by atoms with van der Waals surface area (Å²) < 4.78 is 7.05. The number of rotatable bonds is 5. The van der Waals surface area contributed by atoms with Crippen molar-refractivity contribution in [3.63, 3.8) is 0 Å². The van der Waals surface area contributed by atoms with Crippen LogP contribution in [0.3, 0.4) is 0 Å². The third-order valence-electron chi connectivity index (χ3n) is 4.69. The number of urea groups is 1. The molecule has 0 radical (unpaired) electrons. The van der Waals surface area contributed by atoms with Gasteiger partial charge in [0.1, 0.15) is 11.6 Å². The Morgan fingerprint density at radius 1 is 1.10 bits per heavy atom. The van der Waals surface area contributed by atoms with Gasteiger partial charge in [0.15, 0.2) is 0 Å². The number of aryl methyl sites for hydroxylation is 1. The minimum Gasteiger partial charge on any atom is -0.497 e.